The van der Waals surface area contributed by atoms with Crippen LogP contribution in [0.5, 0.6) is 0 Å². The normalized spacial score (nSPS) is 15.2. The number of cyclic esters (lactones) is 1. The topological polar surface area (TPSA) is 49.9 Å². The summed E-state index contributed by atoms with van der Waals surface area (Å²) in [5, 5.41) is 0. The molecule has 174 valence electrons. The summed E-state index contributed by atoms with van der Waals surface area (Å²) in [6.45, 7) is 0.320. The quantitative estimate of drug-likeness (QED) is 0.309. The largest absolute Gasteiger partial charge is 0.435 e. The number of hydrogen-bond donors (Lipinski definition) is 0. The smallest absolute Gasteiger partial charge is 0.417 e. The molecule has 0 bridgehead atoms. The third-order valence-electron chi connectivity index (χ3n) is 6.12. The van der Waals surface area contributed by atoms with Crippen LogP contribution in [0.3, 0.4) is 0 Å². The minimum Gasteiger partial charge on any atom is -0.435 e. The van der Waals surface area contributed by atoms with Crippen LogP contribution >= 0.6 is 0 Å². The van der Waals surface area contributed by atoms with Crippen LogP contribution in [0.1, 0.15) is 11.1 Å². The number of rotatable bonds is 8. The van der Waals surface area contributed by atoms with Gasteiger partial charge in [0.15, 0.2) is 6.10 Å². The lowest BCUT2D eigenvalue weighted by atomic mass is 10.1. The summed E-state index contributed by atoms with van der Waals surface area (Å²) < 4.78 is 5.42. The molecular formula is C30H26N2O3. The van der Waals surface area contributed by atoms with E-state index in [1.165, 1.54) is 4.90 Å². The molecule has 1 heterocycles. The number of anilines is 3. The predicted molar refractivity (Wildman–Crippen MR) is 137 cm³/mol. The van der Waals surface area contributed by atoms with Crippen molar-refractivity contribution in [3.05, 3.63) is 126 Å². The van der Waals surface area contributed by atoms with Crippen molar-refractivity contribution in [2.45, 2.75) is 18.9 Å². The molecule has 2 amide bonds. The summed E-state index contributed by atoms with van der Waals surface area (Å²) in [5.41, 5.74) is 5.13. The van der Waals surface area contributed by atoms with E-state index in [9.17, 15) is 9.59 Å². The van der Waals surface area contributed by atoms with Crippen LogP contribution in [-0.4, -0.2) is 29.5 Å². The van der Waals surface area contributed by atoms with Gasteiger partial charge in [-0.05, 0) is 53.9 Å². The maximum Gasteiger partial charge on any atom is 0.417 e. The van der Waals surface area contributed by atoms with Crippen molar-refractivity contribution in [2.75, 3.05) is 11.4 Å². The first-order chi connectivity index (χ1) is 17.2. The highest BCUT2D eigenvalue weighted by molar-refractivity contribution is 6.00. The molecule has 1 saturated heterocycles. The Hall–Kier alpha value is -4.38. The van der Waals surface area contributed by atoms with Crippen molar-refractivity contribution in [3.8, 4) is 0 Å². The van der Waals surface area contributed by atoms with E-state index in [-0.39, 0.29) is 5.91 Å². The van der Waals surface area contributed by atoms with Crippen molar-refractivity contribution in [3.63, 3.8) is 0 Å². The Labute approximate surface area is 205 Å². The fraction of sp³-hybridized carbons (Fsp3) is 0.133. The molecule has 5 rings (SSSR count). The fourth-order valence-electron chi connectivity index (χ4n) is 4.31. The third-order valence-corrected chi connectivity index (χ3v) is 6.12. The third kappa shape index (κ3) is 5.09. The maximum atomic E-state index is 12.9. The molecule has 1 atom stereocenters. The van der Waals surface area contributed by atoms with Crippen LogP contribution in [-0.2, 0) is 22.4 Å². The first-order valence-corrected chi connectivity index (χ1v) is 11.7. The molecule has 4 aromatic carbocycles. The fourth-order valence-corrected chi connectivity index (χ4v) is 4.31. The van der Waals surface area contributed by atoms with E-state index < -0.39 is 12.2 Å². The molecule has 1 aliphatic rings. The number of imide groups is 1. The molecule has 35 heavy (non-hydrogen) atoms. The first kappa shape index (κ1) is 22.4. The van der Waals surface area contributed by atoms with Gasteiger partial charge in [-0.1, -0.05) is 78.9 Å². The zero-order valence-corrected chi connectivity index (χ0v) is 19.3. The van der Waals surface area contributed by atoms with Gasteiger partial charge in [-0.15, -0.1) is 0 Å². The molecule has 0 aromatic heterocycles. The zero-order valence-electron chi connectivity index (χ0n) is 19.3. The number of amides is 2. The van der Waals surface area contributed by atoms with Gasteiger partial charge in [0.2, 0.25) is 0 Å². The van der Waals surface area contributed by atoms with Crippen molar-refractivity contribution in [1.82, 2.24) is 4.90 Å². The van der Waals surface area contributed by atoms with Crippen LogP contribution in [0.2, 0.25) is 0 Å². The molecule has 4 aromatic rings. The van der Waals surface area contributed by atoms with Gasteiger partial charge in [0.1, 0.15) is 0 Å². The van der Waals surface area contributed by atoms with Crippen molar-refractivity contribution in [1.29, 1.82) is 0 Å². The second-order valence-corrected chi connectivity index (χ2v) is 8.47. The number of ether oxygens (including phenoxy) is 1. The summed E-state index contributed by atoms with van der Waals surface area (Å²) in [6.07, 6.45) is -0.392. The number of carbonyl (C=O) groups excluding carboxylic acids is 2. The first-order valence-electron chi connectivity index (χ1n) is 11.7. The molecule has 0 radical (unpaired) electrons. The lowest BCUT2D eigenvalue weighted by Gasteiger charge is -2.25. The Morgan fingerprint density at radius 2 is 1.14 bits per heavy atom. The average molecular weight is 463 g/mol. The van der Waals surface area contributed by atoms with Crippen LogP contribution in [0.4, 0.5) is 21.9 Å². The highest BCUT2D eigenvalue weighted by Gasteiger charge is 2.40. The second kappa shape index (κ2) is 10.3. The van der Waals surface area contributed by atoms with E-state index >= 15 is 0 Å². The van der Waals surface area contributed by atoms with Gasteiger partial charge in [-0.25, -0.2) is 9.69 Å². The SMILES string of the molecule is O=C1OC(Cc2ccc(N(c3ccccc3)c3ccccc3)cc2)C(=O)N1CCc1ccccc1. The Morgan fingerprint density at radius 3 is 1.71 bits per heavy atom. The Morgan fingerprint density at radius 1 is 0.629 bits per heavy atom. The van der Waals surface area contributed by atoms with E-state index in [1.54, 1.807) is 0 Å². The standard InChI is InChI=1S/C30H26N2O3/c33-29-28(35-30(34)31(29)21-20-23-10-4-1-5-11-23)22-24-16-18-27(19-17-24)32(25-12-6-2-7-13-25)26-14-8-3-9-15-26/h1-19,28H,20-22H2. The van der Waals surface area contributed by atoms with Crippen molar-refractivity contribution in [2.24, 2.45) is 0 Å². The minimum absolute atomic E-state index is 0.273. The van der Waals surface area contributed by atoms with Gasteiger partial charge in [-0.3, -0.25) is 4.79 Å². The Bertz CT molecular complexity index is 1240. The predicted octanol–water partition coefficient (Wildman–Crippen LogP) is 6.29. The lowest BCUT2D eigenvalue weighted by Crippen LogP contribution is -2.33. The summed E-state index contributed by atoms with van der Waals surface area (Å²) in [6, 6.07) is 38.2. The molecule has 1 aliphatic heterocycles. The number of carbonyl (C=O) groups is 2. The molecule has 0 N–H and O–H groups in total. The monoisotopic (exact) mass is 462 g/mol. The summed E-state index contributed by atoms with van der Waals surface area (Å²) in [7, 11) is 0. The molecule has 5 heteroatoms. The van der Waals surface area contributed by atoms with E-state index in [0.717, 1.165) is 28.2 Å². The zero-order chi connectivity index (χ0) is 24.0. The van der Waals surface area contributed by atoms with E-state index in [2.05, 4.69) is 29.2 Å². The minimum atomic E-state index is -0.788. The molecule has 0 spiro atoms. The van der Waals surface area contributed by atoms with Gasteiger partial charge in [-0.2, -0.15) is 0 Å². The van der Waals surface area contributed by atoms with Gasteiger partial charge in [0.05, 0.1) is 0 Å². The number of benzene rings is 4. The molecule has 0 aliphatic carbocycles. The van der Waals surface area contributed by atoms with Crippen LogP contribution in [0.15, 0.2) is 115 Å². The number of para-hydroxylation sites is 2. The second-order valence-electron chi connectivity index (χ2n) is 8.47. The lowest BCUT2D eigenvalue weighted by molar-refractivity contribution is -0.129. The van der Waals surface area contributed by atoms with Crippen molar-refractivity contribution < 1.29 is 14.3 Å². The molecule has 1 fully saturated rings. The van der Waals surface area contributed by atoms with E-state index in [0.29, 0.717) is 19.4 Å². The van der Waals surface area contributed by atoms with Crippen molar-refractivity contribution >= 4 is 29.1 Å². The number of nitrogens with zero attached hydrogens (tertiary/aromatic N) is 2. The van der Waals surface area contributed by atoms with Crippen LogP contribution < -0.4 is 4.90 Å². The molecular weight excluding hydrogens is 436 g/mol. The average Bonchev–Trinajstić information content (AvgIpc) is 3.17. The maximum absolute atomic E-state index is 12.9. The Kier molecular flexibility index (Phi) is 6.57. The summed E-state index contributed by atoms with van der Waals surface area (Å²) >= 11 is 0. The summed E-state index contributed by atoms with van der Waals surface area (Å²) in [5.74, 6) is -0.273. The summed E-state index contributed by atoms with van der Waals surface area (Å²) in [4.78, 5) is 28.6. The van der Waals surface area contributed by atoms with Gasteiger partial charge < -0.3 is 9.64 Å². The van der Waals surface area contributed by atoms with Gasteiger partial charge >= 0.3 is 6.09 Å². The van der Waals surface area contributed by atoms with Gasteiger partial charge in [0.25, 0.3) is 5.91 Å². The highest BCUT2D eigenvalue weighted by atomic mass is 16.6. The van der Waals surface area contributed by atoms with Crippen LogP contribution in [0, 0.1) is 0 Å². The Balaban J connectivity index is 1.29. The van der Waals surface area contributed by atoms with E-state index in [1.807, 2.05) is 91.0 Å². The van der Waals surface area contributed by atoms with Crippen LogP contribution in [0.25, 0.3) is 0 Å². The number of hydrogen-bond acceptors (Lipinski definition) is 4. The highest BCUT2D eigenvalue weighted by Crippen LogP contribution is 2.34. The van der Waals surface area contributed by atoms with Gasteiger partial charge in [0, 0.05) is 30.0 Å². The molecule has 5 nitrogen and oxygen atoms in total. The van der Waals surface area contributed by atoms with E-state index in [4.69, 9.17) is 4.74 Å². The molecule has 1 unspecified atom stereocenters. The molecule has 0 saturated carbocycles.